The predicted octanol–water partition coefficient (Wildman–Crippen LogP) is 3.52. The number of allylic oxidation sites excluding steroid dienone is 2. The SMILES string of the molecule is C=C/N=C(\C=C/C)c1ncc(CNc2cccc(C(=O)NCc3ccccc3CS(=O)(=O)NC)c2)n1C. The first kappa shape index (κ1) is 27.6. The van der Waals surface area contributed by atoms with Gasteiger partial charge in [0.05, 0.1) is 24.2 Å². The zero-order valence-electron chi connectivity index (χ0n) is 21.2. The number of imidazole rings is 1. The van der Waals surface area contributed by atoms with Crippen LogP contribution in [0.3, 0.4) is 0 Å². The normalized spacial score (nSPS) is 12.0. The molecule has 0 radical (unpaired) electrons. The number of nitrogens with one attached hydrogen (secondary N) is 3. The van der Waals surface area contributed by atoms with Crippen molar-refractivity contribution in [3.63, 3.8) is 0 Å². The van der Waals surface area contributed by atoms with Crippen molar-refractivity contribution in [1.29, 1.82) is 0 Å². The summed E-state index contributed by atoms with van der Waals surface area (Å²) in [4.78, 5) is 21.6. The number of hydrogen-bond donors (Lipinski definition) is 3. The van der Waals surface area contributed by atoms with Crippen LogP contribution >= 0.6 is 0 Å². The fourth-order valence-corrected chi connectivity index (χ4v) is 4.50. The van der Waals surface area contributed by atoms with Crippen LogP contribution in [0, 0.1) is 0 Å². The molecule has 37 heavy (non-hydrogen) atoms. The van der Waals surface area contributed by atoms with Crippen molar-refractivity contribution in [2.45, 2.75) is 25.8 Å². The Morgan fingerprint density at radius 2 is 1.89 bits per heavy atom. The van der Waals surface area contributed by atoms with Crippen molar-refractivity contribution >= 4 is 27.3 Å². The third-order valence-corrected chi connectivity index (χ3v) is 6.99. The number of carbonyl (C=O) groups is 1. The maximum absolute atomic E-state index is 12.8. The topological polar surface area (TPSA) is 117 Å². The van der Waals surface area contributed by atoms with Gasteiger partial charge in [-0.1, -0.05) is 43.0 Å². The highest BCUT2D eigenvalue weighted by molar-refractivity contribution is 7.88. The Hall–Kier alpha value is -4.02. The monoisotopic (exact) mass is 520 g/mol. The van der Waals surface area contributed by atoms with Crippen molar-refractivity contribution < 1.29 is 13.2 Å². The summed E-state index contributed by atoms with van der Waals surface area (Å²) in [7, 11) is -0.122. The average molecular weight is 521 g/mol. The highest BCUT2D eigenvalue weighted by Crippen LogP contribution is 2.15. The molecule has 9 nitrogen and oxygen atoms in total. The Morgan fingerprint density at radius 3 is 2.59 bits per heavy atom. The minimum Gasteiger partial charge on any atom is -0.379 e. The Balaban J connectivity index is 1.66. The molecule has 1 amide bonds. The molecule has 10 heteroatoms. The lowest BCUT2D eigenvalue weighted by Crippen LogP contribution is -2.25. The van der Waals surface area contributed by atoms with Crippen LogP contribution in [0.2, 0.25) is 0 Å². The van der Waals surface area contributed by atoms with E-state index in [9.17, 15) is 13.2 Å². The van der Waals surface area contributed by atoms with Gasteiger partial charge in [-0.25, -0.2) is 18.1 Å². The van der Waals surface area contributed by atoms with E-state index in [1.54, 1.807) is 36.5 Å². The molecule has 3 rings (SSSR count). The van der Waals surface area contributed by atoms with E-state index in [-0.39, 0.29) is 18.2 Å². The molecule has 194 valence electrons. The number of aliphatic imine (C=N–C) groups is 1. The lowest BCUT2D eigenvalue weighted by Gasteiger charge is -2.12. The Kier molecular flexibility index (Phi) is 9.53. The number of benzene rings is 2. The van der Waals surface area contributed by atoms with Crippen molar-refractivity contribution in [1.82, 2.24) is 19.6 Å². The van der Waals surface area contributed by atoms with Crippen molar-refractivity contribution in [3.05, 3.63) is 108 Å². The molecule has 0 aliphatic heterocycles. The van der Waals surface area contributed by atoms with Gasteiger partial charge in [0.1, 0.15) is 5.71 Å². The largest absolute Gasteiger partial charge is 0.379 e. The van der Waals surface area contributed by atoms with E-state index in [0.29, 0.717) is 17.7 Å². The summed E-state index contributed by atoms with van der Waals surface area (Å²) in [6.07, 6.45) is 7.05. The molecule has 1 aromatic heterocycles. The van der Waals surface area contributed by atoms with Gasteiger partial charge < -0.3 is 15.2 Å². The molecule has 3 aromatic rings. The molecule has 0 aliphatic carbocycles. The lowest BCUT2D eigenvalue weighted by atomic mass is 10.1. The molecule has 0 atom stereocenters. The van der Waals surface area contributed by atoms with Crippen LogP contribution in [-0.2, 0) is 35.9 Å². The first-order valence-electron chi connectivity index (χ1n) is 11.7. The molecule has 3 N–H and O–H groups in total. The van der Waals surface area contributed by atoms with Crippen LogP contribution in [0.4, 0.5) is 5.69 Å². The standard InChI is InChI=1S/C27H32N6O3S/c1-5-10-25(29-6-2)26-31-18-24(33(26)4)17-30-23-14-9-13-20(15-23)27(34)32-16-21-11-7-8-12-22(21)19-37(35,36)28-3/h5-15,18,28,30H,2,16-17,19H2,1,3-4H3,(H,32,34)/b10-5-,29-25+. The molecule has 0 bridgehead atoms. The summed E-state index contributed by atoms with van der Waals surface area (Å²) < 4.78 is 28.2. The molecule has 0 saturated heterocycles. The molecule has 0 saturated carbocycles. The maximum Gasteiger partial charge on any atom is 0.251 e. The fourth-order valence-electron chi connectivity index (χ4n) is 3.67. The number of anilines is 1. The van der Waals surface area contributed by atoms with Gasteiger partial charge in [-0.05, 0) is 49.4 Å². The van der Waals surface area contributed by atoms with E-state index in [4.69, 9.17) is 0 Å². The van der Waals surface area contributed by atoms with Crippen LogP contribution in [-0.4, -0.2) is 36.6 Å². The third-order valence-electron chi connectivity index (χ3n) is 5.68. The first-order valence-corrected chi connectivity index (χ1v) is 13.4. The summed E-state index contributed by atoms with van der Waals surface area (Å²) >= 11 is 0. The van der Waals surface area contributed by atoms with Crippen LogP contribution in [0.15, 0.2) is 84.7 Å². The van der Waals surface area contributed by atoms with Crippen LogP contribution in [0.1, 0.15) is 39.9 Å². The number of rotatable bonds is 12. The third kappa shape index (κ3) is 7.48. The van der Waals surface area contributed by atoms with E-state index in [0.717, 1.165) is 28.5 Å². The van der Waals surface area contributed by atoms with Gasteiger partial charge in [-0.2, -0.15) is 0 Å². The van der Waals surface area contributed by atoms with Gasteiger partial charge in [0, 0.05) is 31.0 Å². The lowest BCUT2D eigenvalue weighted by molar-refractivity contribution is 0.0951. The maximum atomic E-state index is 12.8. The van der Waals surface area contributed by atoms with E-state index in [1.807, 2.05) is 48.9 Å². The molecular weight excluding hydrogens is 488 g/mol. The molecule has 2 aromatic carbocycles. The van der Waals surface area contributed by atoms with Crippen LogP contribution in [0.5, 0.6) is 0 Å². The second kappa shape index (κ2) is 12.8. The van der Waals surface area contributed by atoms with Crippen molar-refractivity contribution in [2.24, 2.45) is 12.0 Å². The summed E-state index contributed by atoms with van der Waals surface area (Å²) in [6.45, 7) is 6.29. The molecule has 0 unspecified atom stereocenters. The minimum absolute atomic E-state index is 0.152. The average Bonchev–Trinajstić information content (AvgIpc) is 3.26. The van der Waals surface area contributed by atoms with Crippen molar-refractivity contribution in [3.8, 4) is 0 Å². The van der Waals surface area contributed by atoms with E-state index in [1.165, 1.54) is 13.2 Å². The van der Waals surface area contributed by atoms with Gasteiger partial charge in [-0.15, -0.1) is 0 Å². The van der Waals surface area contributed by atoms with E-state index >= 15 is 0 Å². The second-order valence-electron chi connectivity index (χ2n) is 8.18. The number of hydrogen-bond acceptors (Lipinski definition) is 6. The second-order valence-corrected chi connectivity index (χ2v) is 10.1. The Labute approximate surface area is 218 Å². The van der Waals surface area contributed by atoms with Crippen LogP contribution in [0.25, 0.3) is 0 Å². The van der Waals surface area contributed by atoms with Gasteiger partial charge in [-0.3, -0.25) is 9.79 Å². The first-order chi connectivity index (χ1) is 17.8. The number of nitrogens with zero attached hydrogens (tertiary/aromatic N) is 3. The highest BCUT2D eigenvalue weighted by Gasteiger charge is 2.14. The van der Waals surface area contributed by atoms with E-state index < -0.39 is 10.0 Å². The summed E-state index contributed by atoms with van der Waals surface area (Å²) in [5.74, 6) is 0.320. The molecule has 0 aliphatic rings. The smallest absolute Gasteiger partial charge is 0.251 e. The quantitative estimate of drug-likeness (QED) is 0.316. The fraction of sp³-hybridized carbons (Fsp3) is 0.222. The van der Waals surface area contributed by atoms with Gasteiger partial charge in [0.25, 0.3) is 5.91 Å². The number of carbonyl (C=O) groups excluding carboxylic acids is 1. The summed E-state index contributed by atoms with van der Waals surface area (Å²) in [5, 5.41) is 6.22. The van der Waals surface area contributed by atoms with Gasteiger partial charge in [0.15, 0.2) is 5.82 Å². The zero-order chi connectivity index (χ0) is 26.8. The Bertz CT molecular complexity index is 1420. The Morgan fingerprint density at radius 1 is 1.14 bits per heavy atom. The number of sulfonamides is 1. The summed E-state index contributed by atoms with van der Waals surface area (Å²) in [6, 6.07) is 14.3. The number of amides is 1. The molecule has 0 spiro atoms. The molecule has 1 heterocycles. The minimum atomic E-state index is -3.42. The zero-order valence-corrected chi connectivity index (χ0v) is 22.0. The van der Waals surface area contributed by atoms with E-state index in [2.05, 4.69) is 31.9 Å². The highest BCUT2D eigenvalue weighted by atomic mass is 32.2. The summed E-state index contributed by atoms with van der Waals surface area (Å²) in [5.41, 5.74) is 4.32. The molecule has 0 fully saturated rings. The van der Waals surface area contributed by atoms with Gasteiger partial charge in [0.2, 0.25) is 10.0 Å². The molecular formula is C27H32N6O3S. The van der Waals surface area contributed by atoms with Crippen LogP contribution < -0.4 is 15.4 Å². The predicted molar refractivity (Wildman–Crippen MR) is 148 cm³/mol. The number of aromatic nitrogens is 2. The van der Waals surface area contributed by atoms with Crippen molar-refractivity contribution in [2.75, 3.05) is 12.4 Å². The van der Waals surface area contributed by atoms with Gasteiger partial charge >= 0.3 is 0 Å².